The Bertz CT molecular complexity index is 670. The summed E-state index contributed by atoms with van der Waals surface area (Å²) in [6.45, 7) is 2.75. The molecule has 5 nitrogen and oxygen atoms in total. The van der Waals surface area contributed by atoms with Crippen LogP contribution in [0.15, 0.2) is 36.4 Å². The summed E-state index contributed by atoms with van der Waals surface area (Å²) >= 11 is 0. The fourth-order valence-corrected chi connectivity index (χ4v) is 3.84. The number of benzene rings is 1. The largest absolute Gasteiger partial charge is 0.376 e. The Morgan fingerprint density at radius 3 is 2.57 bits per heavy atom. The van der Waals surface area contributed by atoms with E-state index in [4.69, 9.17) is 4.74 Å². The minimum absolute atomic E-state index is 0.0261. The van der Waals surface area contributed by atoms with Crippen molar-refractivity contribution in [2.75, 3.05) is 6.61 Å². The molecule has 152 valence electrons. The molecule has 2 aliphatic rings. The smallest absolute Gasteiger partial charge is 0.244 e. The average Bonchev–Trinajstić information content (AvgIpc) is 2.68. The van der Waals surface area contributed by atoms with Gasteiger partial charge in [0, 0.05) is 24.6 Å². The maximum absolute atomic E-state index is 12.6. The van der Waals surface area contributed by atoms with Gasteiger partial charge in [0.15, 0.2) is 0 Å². The topological polar surface area (TPSA) is 67.4 Å². The van der Waals surface area contributed by atoms with E-state index in [0.717, 1.165) is 37.7 Å². The lowest BCUT2D eigenvalue weighted by Crippen LogP contribution is -2.51. The molecule has 0 bridgehead atoms. The number of rotatable bonds is 8. The molecule has 1 aromatic carbocycles. The summed E-state index contributed by atoms with van der Waals surface area (Å²) in [6, 6.07) is 9.96. The first-order chi connectivity index (χ1) is 13.7. The zero-order chi connectivity index (χ0) is 19.8. The van der Waals surface area contributed by atoms with Gasteiger partial charge < -0.3 is 15.4 Å². The Morgan fingerprint density at radius 2 is 1.89 bits per heavy atom. The van der Waals surface area contributed by atoms with Crippen LogP contribution in [0, 0.1) is 5.92 Å². The van der Waals surface area contributed by atoms with E-state index in [-0.39, 0.29) is 29.9 Å². The summed E-state index contributed by atoms with van der Waals surface area (Å²) < 4.78 is 5.98. The van der Waals surface area contributed by atoms with Crippen LogP contribution in [-0.4, -0.2) is 36.6 Å². The number of hydrogen-bond acceptors (Lipinski definition) is 3. The zero-order valence-electron chi connectivity index (χ0n) is 16.7. The molecule has 0 aliphatic heterocycles. The van der Waals surface area contributed by atoms with Crippen molar-refractivity contribution in [3.8, 4) is 0 Å². The van der Waals surface area contributed by atoms with Crippen molar-refractivity contribution in [1.29, 1.82) is 0 Å². The average molecular weight is 385 g/mol. The van der Waals surface area contributed by atoms with Crippen LogP contribution in [0.4, 0.5) is 0 Å². The number of amides is 2. The van der Waals surface area contributed by atoms with Crippen LogP contribution in [0.1, 0.15) is 57.4 Å². The lowest BCUT2D eigenvalue weighted by atomic mass is 9.82. The van der Waals surface area contributed by atoms with Gasteiger partial charge in [-0.25, -0.2) is 0 Å². The van der Waals surface area contributed by atoms with E-state index < -0.39 is 0 Å². The SMILES string of the molecule is CCCO[C@@H]1CC[C@H](C(=O)NC2CCC2)C[C@H]1NC(=O)/C=C/c1ccccc1. The van der Waals surface area contributed by atoms with Gasteiger partial charge in [0.2, 0.25) is 11.8 Å². The van der Waals surface area contributed by atoms with Gasteiger partial charge in [-0.15, -0.1) is 0 Å². The van der Waals surface area contributed by atoms with E-state index in [1.54, 1.807) is 12.2 Å². The van der Waals surface area contributed by atoms with E-state index in [9.17, 15) is 9.59 Å². The highest BCUT2D eigenvalue weighted by Crippen LogP contribution is 2.28. The zero-order valence-corrected chi connectivity index (χ0v) is 16.7. The van der Waals surface area contributed by atoms with E-state index in [1.807, 2.05) is 30.3 Å². The van der Waals surface area contributed by atoms with Crippen molar-refractivity contribution in [3.63, 3.8) is 0 Å². The van der Waals surface area contributed by atoms with Crippen LogP contribution in [0.5, 0.6) is 0 Å². The van der Waals surface area contributed by atoms with Gasteiger partial charge in [0.1, 0.15) is 0 Å². The van der Waals surface area contributed by atoms with Gasteiger partial charge in [0.05, 0.1) is 12.1 Å². The Morgan fingerprint density at radius 1 is 1.11 bits per heavy atom. The predicted molar refractivity (Wildman–Crippen MR) is 111 cm³/mol. The molecule has 0 spiro atoms. The summed E-state index contributed by atoms with van der Waals surface area (Å²) in [7, 11) is 0. The molecule has 0 saturated heterocycles. The third-order valence-corrected chi connectivity index (χ3v) is 5.70. The van der Waals surface area contributed by atoms with Crippen molar-refractivity contribution in [1.82, 2.24) is 10.6 Å². The minimum atomic E-state index is -0.140. The van der Waals surface area contributed by atoms with E-state index in [1.165, 1.54) is 6.42 Å². The summed E-state index contributed by atoms with van der Waals surface area (Å²) in [5.41, 5.74) is 0.984. The van der Waals surface area contributed by atoms with Gasteiger partial charge in [-0.3, -0.25) is 9.59 Å². The van der Waals surface area contributed by atoms with Gasteiger partial charge in [-0.05, 0) is 56.6 Å². The van der Waals surface area contributed by atoms with Crippen LogP contribution < -0.4 is 10.6 Å². The second-order valence-electron chi connectivity index (χ2n) is 7.91. The predicted octanol–water partition coefficient (Wildman–Crippen LogP) is 3.45. The van der Waals surface area contributed by atoms with Crippen LogP contribution in [-0.2, 0) is 14.3 Å². The van der Waals surface area contributed by atoms with Crippen molar-refractivity contribution >= 4 is 17.9 Å². The Labute approximate surface area is 167 Å². The molecule has 3 atom stereocenters. The Balaban J connectivity index is 1.58. The molecule has 3 rings (SSSR count). The molecular formula is C23H32N2O3. The maximum Gasteiger partial charge on any atom is 0.244 e. The fraction of sp³-hybridized carbons (Fsp3) is 0.565. The quantitative estimate of drug-likeness (QED) is 0.675. The molecule has 2 N–H and O–H groups in total. The molecule has 5 heteroatoms. The second-order valence-corrected chi connectivity index (χ2v) is 7.91. The van der Waals surface area contributed by atoms with Gasteiger partial charge in [-0.2, -0.15) is 0 Å². The first-order valence-electron chi connectivity index (χ1n) is 10.6. The molecule has 0 unspecified atom stereocenters. The summed E-state index contributed by atoms with van der Waals surface area (Å²) in [6.07, 6.45) is 9.92. The van der Waals surface area contributed by atoms with Gasteiger partial charge in [-0.1, -0.05) is 37.3 Å². The van der Waals surface area contributed by atoms with Crippen LogP contribution in [0.2, 0.25) is 0 Å². The highest BCUT2D eigenvalue weighted by Gasteiger charge is 2.36. The molecule has 2 saturated carbocycles. The molecule has 0 aromatic heterocycles. The van der Waals surface area contributed by atoms with Crippen molar-refractivity contribution in [3.05, 3.63) is 42.0 Å². The van der Waals surface area contributed by atoms with Crippen LogP contribution in [0.25, 0.3) is 6.08 Å². The number of carbonyl (C=O) groups excluding carboxylic acids is 2. The number of carbonyl (C=O) groups is 2. The minimum Gasteiger partial charge on any atom is -0.376 e. The summed E-state index contributed by atoms with van der Waals surface area (Å²) in [5, 5.41) is 6.24. The molecule has 0 heterocycles. The standard InChI is InChI=1S/C23H32N2O3/c1-2-15-28-21-13-12-18(23(27)24-19-9-6-10-19)16-20(21)25-22(26)14-11-17-7-4-3-5-8-17/h3-5,7-8,11,14,18-21H,2,6,9-10,12-13,15-16H2,1H3,(H,24,27)(H,25,26)/b14-11+/t18-,20+,21+/m0/s1. The van der Waals surface area contributed by atoms with Crippen molar-refractivity contribution in [2.24, 2.45) is 5.92 Å². The highest BCUT2D eigenvalue weighted by molar-refractivity contribution is 5.92. The lowest BCUT2D eigenvalue weighted by molar-refractivity contribution is -0.130. The second kappa shape index (κ2) is 10.4. The van der Waals surface area contributed by atoms with E-state index in [2.05, 4.69) is 17.6 Å². The summed E-state index contributed by atoms with van der Waals surface area (Å²) in [4.78, 5) is 25.0. The molecule has 0 radical (unpaired) electrons. The third-order valence-electron chi connectivity index (χ3n) is 5.70. The van der Waals surface area contributed by atoms with Gasteiger partial charge in [0.25, 0.3) is 0 Å². The van der Waals surface area contributed by atoms with E-state index >= 15 is 0 Å². The Kier molecular flexibility index (Phi) is 7.66. The molecule has 1 aromatic rings. The van der Waals surface area contributed by atoms with Crippen molar-refractivity contribution < 1.29 is 14.3 Å². The number of nitrogens with one attached hydrogen (secondary N) is 2. The molecule has 28 heavy (non-hydrogen) atoms. The first kappa shape index (κ1) is 20.6. The lowest BCUT2D eigenvalue weighted by Gasteiger charge is -2.37. The molecule has 2 amide bonds. The number of hydrogen-bond donors (Lipinski definition) is 2. The van der Waals surface area contributed by atoms with E-state index in [0.29, 0.717) is 19.1 Å². The van der Waals surface area contributed by atoms with Crippen LogP contribution >= 0.6 is 0 Å². The molecular weight excluding hydrogens is 352 g/mol. The summed E-state index contributed by atoms with van der Waals surface area (Å²) in [5.74, 6) is -0.0535. The van der Waals surface area contributed by atoms with Crippen molar-refractivity contribution in [2.45, 2.75) is 70.1 Å². The molecule has 2 aliphatic carbocycles. The maximum atomic E-state index is 12.6. The third kappa shape index (κ3) is 5.93. The highest BCUT2D eigenvalue weighted by atomic mass is 16.5. The molecule has 2 fully saturated rings. The van der Waals surface area contributed by atoms with Crippen LogP contribution in [0.3, 0.4) is 0 Å². The monoisotopic (exact) mass is 384 g/mol. The fourth-order valence-electron chi connectivity index (χ4n) is 3.84. The Hall–Kier alpha value is -2.14. The number of ether oxygens (including phenoxy) is 1. The first-order valence-corrected chi connectivity index (χ1v) is 10.6. The van der Waals surface area contributed by atoms with Gasteiger partial charge >= 0.3 is 0 Å². The normalized spacial score (nSPS) is 25.2.